The maximum Gasteiger partial charge on any atom is 0.308 e. The Morgan fingerprint density at radius 1 is 1.52 bits per heavy atom. The number of rotatable bonds is 2. The lowest BCUT2D eigenvalue weighted by Gasteiger charge is -2.33. The molecule has 23 heavy (non-hydrogen) atoms. The summed E-state index contributed by atoms with van der Waals surface area (Å²) in [7, 11) is 0. The van der Waals surface area contributed by atoms with E-state index in [-0.39, 0.29) is 0 Å². The molecule has 0 radical (unpaired) electrons. The molecule has 118 valence electrons. The van der Waals surface area contributed by atoms with Crippen molar-refractivity contribution in [2.24, 2.45) is 5.92 Å². The topological polar surface area (TPSA) is 77.2 Å². The number of nitrogens with zero attached hydrogens (tertiary/aromatic N) is 3. The zero-order chi connectivity index (χ0) is 16.6. The number of halogens is 1. The third-order valence-corrected chi connectivity index (χ3v) is 5.35. The van der Waals surface area contributed by atoms with Crippen molar-refractivity contribution in [3.8, 4) is 6.07 Å². The van der Waals surface area contributed by atoms with E-state index in [9.17, 15) is 15.2 Å². The Morgan fingerprint density at radius 2 is 2.30 bits per heavy atom. The van der Waals surface area contributed by atoms with E-state index in [2.05, 4.69) is 27.0 Å². The van der Waals surface area contributed by atoms with Crippen LogP contribution in [0.2, 0.25) is 0 Å². The van der Waals surface area contributed by atoms with Gasteiger partial charge in [0.2, 0.25) is 0 Å². The first-order valence-electron chi connectivity index (χ1n) is 7.48. The summed E-state index contributed by atoms with van der Waals surface area (Å²) in [6, 6.07) is 6.14. The average Bonchev–Trinajstić information content (AvgIpc) is 2.57. The zero-order valence-corrected chi connectivity index (χ0v) is 14.3. The van der Waals surface area contributed by atoms with Crippen LogP contribution in [0.15, 0.2) is 22.8 Å². The minimum atomic E-state index is -0.774. The standard InChI is InChI=1S/C17H16BrN3O2/c1-10-4-5-13-15(14(10)18)20-8-12(7-19)16(13)21-6-2-3-11(9-21)17(22)23/h4-5,8,11H,2-3,6,9H2,1H3,(H,22,23). The van der Waals surface area contributed by atoms with Gasteiger partial charge < -0.3 is 10.0 Å². The minimum Gasteiger partial charge on any atom is -0.481 e. The molecule has 2 heterocycles. The highest BCUT2D eigenvalue weighted by atomic mass is 79.9. The van der Waals surface area contributed by atoms with Gasteiger partial charge in [-0.25, -0.2) is 0 Å². The summed E-state index contributed by atoms with van der Waals surface area (Å²) in [4.78, 5) is 17.8. The van der Waals surface area contributed by atoms with Crippen LogP contribution in [0.4, 0.5) is 5.69 Å². The molecule has 3 rings (SSSR count). The molecule has 1 aromatic heterocycles. The second kappa shape index (κ2) is 6.17. The predicted octanol–water partition coefficient (Wildman–Crippen LogP) is 3.48. The summed E-state index contributed by atoms with van der Waals surface area (Å²) in [5, 5.41) is 19.7. The maximum absolute atomic E-state index is 11.3. The van der Waals surface area contributed by atoms with Crippen molar-refractivity contribution in [3.05, 3.63) is 33.9 Å². The Hall–Kier alpha value is -2.13. The van der Waals surface area contributed by atoms with E-state index in [1.807, 2.05) is 24.0 Å². The molecule has 1 fully saturated rings. The monoisotopic (exact) mass is 373 g/mol. The number of carboxylic acid groups (broad SMARTS) is 1. The molecule has 6 heteroatoms. The van der Waals surface area contributed by atoms with Crippen molar-refractivity contribution in [1.29, 1.82) is 5.26 Å². The van der Waals surface area contributed by atoms with Crippen LogP contribution in [0.5, 0.6) is 0 Å². The maximum atomic E-state index is 11.3. The lowest BCUT2D eigenvalue weighted by Crippen LogP contribution is -2.39. The van der Waals surface area contributed by atoms with Gasteiger partial charge in [0.25, 0.3) is 0 Å². The number of carbonyl (C=O) groups is 1. The number of aliphatic carboxylic acids is 1. The highest BCUT2D eigenvalue weighted by Gasteiger charge is 2.28. The first-order valence-corrected chi connectivity index (χ1v) is 8.28. The minimum absolute atomic E-state index is 0.396. The van der Waals surface area contributed by atoms with Gasteiger partial charge in [0, 0.05) is 29.1 Å². The van der Waals surface area contributed by atoms with Crippen LogP contribution in [0, 0.1) is 24.2 Å². The lowest BCUT2D eigenvalue weighted by molar-refractivity contribution is -0.141. The van der Waals surface area contributed by atoms with E-state index in [4.69, 9.17) is 0 Å². The number of anilines is 1. The molecular weight excluding hydrogens is 358 g/mol. The molecule has 1 aromatic carbocycles. The predicted molar refractivity (Wildman–Crippen MR) is 91.5 cm³/mol. The summed E-state index contributed by atoms with van der Waals surface area (Å²) in [6.45, 7) is 3.17. The Kier molecular flexibility index (Phi) is 4.22. The number of carboxylic acids is 1. The van der Waals surface area contributed by atoms with Crippen LogP contribution >= 0.6 is 15.9 Å². The second-order valence-corrected chi connectivity index (χ2v) is 6.64. The molecule has 1 atom stereocenters. The van der Waals surface area contributed by atoms with E-state index >= 15 is 0 Å². The second-order valence-electron chi connectivity index (χ2n) is 5.85. The Bertz CT molecular complexity index is 829. The van der Waals surface area contributed by atoms with Gasteiger partial charge in [0.05, 0.1) is 22.7 Å². The fourth-order valence-electron chi connectivity index (χ4n) is 3.12. The van der Waals surface area contributed by atoms with Crippen LogP contribution < -0.4 is 4.90 Å². The van der Waals surface area contributed by atoms with Gasteiger partial charge in [-0.15, -0.1) is 0 Å². The molecule has 1 N–H and O–H groups in total. The quantitative estimate of drug-likeness (QED) is 0.871. The summed E-state index contributed by atoms with van der Waals surface area (Å²) in [6.07, 6.45) is 3.06. The first kappa shape index (κ1) is 15.8. The van der Waals surface area contributed by atoms with Gasteiger partial charge in [-0.3, -0.25) is 9.78 Å². The highest BCUT2D eigenvalue weighted by Crippen LogP contribution is 2.36. The van der Waals surface area contributed by atoms with E-state index in [1.54, 1.807) is 6.20 Å². The largest absolute Gasteiger partial charge is 0.481 e. The van der Waals surface area contributed by atoms with Crippen molar-refractivity contribution in [2.75, 3.05) is 18.0 Å². The number of benzene rings is 1. The molecule has 1 aliphatic rings. The Morgan fingerprint density at radius 3 is 3.00 bits per heavy atom. The van der Waals surface area contributed by atoms with Crippen molar-refractivity contribution >= 4 is 38.5 Å². The zero-order valence-electron chi connectivity index (χ0n) is 12.7. The molecule has 0 bridgehead atoms. The molecule has 1 aliphatic heterocycles. The number of aromatic nitrogens is 1. The van der Waals surface area contributed by atoms with Gasteiger partial charge >= 0.3 is 5.97 Å². The van der Waals surface area contributed by atoms with Gasteiger partial charge in [-0.1, -0.05) is 12.1 Å². The van der Waals surface area contributed by atoms with E-state index in [1.165, 1.54) is 0 Å². The van der Waals surface area contributed by atoms with Gasteiger partial charge in [-0.05, 0) is 41.3 Å². The van der Waals surface area contributed by atoms with E-state index in [0.29, 0.717) is 18.5 Å². The molecule has 0 aliphatic carbocycles. The third-order valence-electron chi connectivity index (χ3n) is 4.35. The van der Waals surface area contributed by atoms with Crippen molar-refractivity contribution in [1.82, 2.24) is 4.98 Å². The smallest absolute Gasteiger partial charge is 0.308 e. The SMILES string of the molecule is Cc1ccc2c(N3CCCC(C(=O)O)C3)c(C#N)cnc2c1Br. The molecule has 1 unspecified atom stereocenters. The number of fused-ring (bicyclic) bond motifs is 1. The number of nitriles is 1. The average molecular weight is 374 g/mol. The summed E-state index contributed by atoms with van der Waals surface area (Å²) in [5.74, 6) is -1.17. The summed E-state index contributed by atoms with van der Waals surface area (Å²) < 4.78 is 0.910. The molecule has 1 saturated heterocycles. The summed E-state index contributed by atoms with van der Waals surface area (Å²) >= 11 is 3.56. The van der Waals surface area contributed by atoms with Crippen LogP contribution in [0.25, 0.3) is 10.9 Å². The fourth-order valence-corrected chi connectivity index (χ4v) is 3.57. The normalized spacial score (nSPS) is 18.0. The Labute approximate surface area is 142 Å². The molecule has 2 aromatic rings. The van der Waals surface area contributed by atoms with Gasteiger partial charge in [0.15, 0.2) is 0 Å². The number of piperidine rings is 1. The van der Waals surface area contributed by atoms with Crippen LogP contribution in [0.3, 0.4) is 0 Å². The number of hydrogen-bond acceptors (Lipinski definition) is 4. The van der Waals surface area contributed by atoms with E-state index in [0.717, 1.165) is 39.6 Å². The lowest BCUT2D eigenvalue weighted by atomic mass is 9.96. The molecular formula is C17H16BrN3O2. The molecule has 0 saturated carbocycles. The van der Waals surface area contributed by atoms with Crippen LogP contribution in [-0.2, 0) is 4.79 Å². The number of hydrogen-bond donors (Lipinski definition) is 1. The van der Waals surface area contributed by atoms with Crippen molar-refractivity contribution < 1.29 is 9.90 Å². The Balaban J connectivity index is 2.17. The highest BCUT2D eigenvalue weighted by molar-refractivity contribution is 9.10. The van der Waals surface area contributed by atoms with Gasteiger partial charge in [0.1, 0.15) is 6.07 Å². The number of aryl methyl sites for hydroxylation is 1. The number of pyridine rings is 1. The molecule has 5 nitrogen and oxygen atoms in total. The third kappa shape index (κ3) is 2.77. The van der Waals surface area contributed by atoms with Crippen LogP contribution in [-0.4, -0.2) is 29.1 Å². The van der Waals surface area contributed by atoms with Gasteiger partial charge in [-0.2, -0.15) is 5.26 Å². The fraction of sp³-hybridized carbons (Fsp3) is 0.353. The summed E-state index contributed by atoms with van der Waals surface area (Å²) in [5.41, 5.74) is 3.16. The molecule has 0 amide bonds. The van der Waals surface area contributed by atoms with Crippen LogP contribution in [0.1, 0.15) is 24.0 Å². The van der Waals surface area contributed by atoms with Crippen molar-refractivity contribution in [2.45, 2.75) is 19.8 Å². The first-order chi connectivity index (χ1) is 11.0. The molecule has 0 spiro atoms. The van der Waals surface area contributed by atoms with E-state index < -0.39 is 11.9 Å². The van der Waals surface area contributed by atoms with Crippen molar-refractivity contribution in [3.63, 3.8) is 0 Å².